The van der Waals surface area contributed by atoms with Gasteiger partial charge in [0, 0.05) is 25.1 Å². The summed E-state index contributed by atoms with van der Waals surface area (Å²) in [4.78, 5) is 12.9. The van der Waals surface area contributed by atoms with Crippen LogP contribution in [0.2, 0.25) is 0 Å². The van der Waals surface area contributed by atoms with Crippen molar-refractivity contribution in [2.75, 3.05) is 0 Å². The minimum absolute atomic E-state index is 0.431. The maximum Gasteiger partial charge on any atom is 0.193 e. The molecule has 0 aliphatic carbocycles. The van der Waals surface area contributed by atoms with Crippen molar-refractivity contribution in [3.8, 4) is 0 Å². The predicted molar refractivity (Wildman–Crippen MR) is 69.2 cm³/mol. The molecule has 2 N–H and O–H groups in total. The molecular weight excluding hydrogens is 246 g/mol. The third kappa shape index (κ3) is 1.96. The molecule has 3 rings (SSSR count). The third-order valence-corrected chi connectivity index (χ3v) is 3.43. The lowest BCUT2D eigenvalue weighted by Gasteiger charge is -2.00. The van der Waals surface area contributed by atoms with Crippen LogP contribution in [0.25, 0.3) is 5.65 Å². The van der Waals surface area contributed by atoms with Crippen LogP contribution >= 0.6 is 11.8 Å². The van der Waals surface area contributed by atoms with Crippen molar-refractivity contribution in [1.82, 2.24) is 19.4 Å². The molecule has 90 valence electrons. The minimum atomic E-state index is 0.431. The Balaban J connectivity index is 2.06. The van der Waals surface area contributed by atoms with Crippen LogP contribution < -0.4 is 5.73 Å². The summed E-state index contributed by atoms with van der Waals surface area (Å²) in [5, 5.41) is 1.53. The Morgan fingerprint density at radius 1 is 1.17 bits per heavy atom. The Bertz CT molecular complexity index is 665. The Labute approximate surface area is 108 Å². The number of pyridine rings is 1. The third-order valence-electron chi connectivity index (χ3n) is 2.52. The van der Waals surface area contributed by atoms with Crippen LogP contribution in [-0.2, 0) is 6.54 Å². The summed E-state index contributed by atoms with van der Waals surface area (Å²) in [6.45, 7) is 0.431. The molecule has 3 aromatic heterocycles. The van der Waals surface area contributed by atoms with E-state index < -0.39 is 0 Å². The SMILES string of the molecule is NCc1c(Sc2ncccn2)nc2ccccn12. The van der Waals surface area contributed by atoms with Gasteiger partial charge in [-0.2, -0.15) is 0 Å². The number of hydrogen-bond donors (Lipinski definition) is 1. The second-order valence-electron chi connectivity index (χ2n) is 3.63. The lowest BCUT2D eigenvalue weighted by atomic mass is 10.4. The monoisotopic (exact) mass is 257 g/mol. The molecule has 0 saturated heterocycles. The summed E-state index contributed by atoms with van der Waals surface area (Å²) < 4.78 is 1.99. The van der Waals surface area contributed by atoms with E-state index in [4.69, 9.17) is 5.73 Å². The summed E-state index contributed by atoms with van der Waals surface area (Å²) in [5.74, 6) is 0. The van der Waals surface area contributed by atoms with Gasteiger partial charge in [0.1, 0.15) is 10.7 Å². The summed E-state index contributed by atoms with van der Waals surface area (Å²) >= 11 is 1.43. The molecule has 0 spiro atoms. The summed E-state index contributed by atoms with van der Waals surface area (Å²) in [6.07, 6.45) is 5.39. The van der Waals surface area contributed by atoms with Crippen molar-refractivity contribution in [1.29, 1.82) is 0 Å². The number of nitrogens with two attached hydrogens (primary N) is 1. The van der Waals surface area contributed by atoms with Gasteiger partial charge < -0.3 is 10.1 Å². The molecule has 0 amide bonds. The first-order valence-corrected chi connectivity index (χ1v) is 6.31. The number of aromatic nitrogens is 4. The average Bonchev–Trinajstić information content (AvgIpc) is 2.77. The van der Waals surface area contributed by atoms with Gasteiger partial charge in [-0.3, -0.25) is 0 Å². The Morgan fingerprint density at radius 3 is 2.78 bits per heavy atom. The maximum atomic E-state index is 5.80. The number of nitrogens with zero attached hydrogens (tertiary/aromatic N) is 4. The van der Waals surface area contributed by atoms with Gasteiger partial charge in [-0.25, -0.2) is 15.0 Å². The molecule has 0 saturated carbocycles. The zero-order valence-corrected chi connectivity index (χ0v) is 10.3. The van der Waals surface area contributed by atoms with Gasteiger partial charge in [0.25, 0.3) is 0 Å². The van der Waals surface area contributed by atoms with Crippen LogP contribution in [0.15, 0.2) is 53.0 Å². The molecule has 0 unspecified atom stereocenters. The molecule has 18 heavy (non-hydrogen) atoms. The van der Waals surface area contributed by atoms with Gasteiger partial charge in [-0.15, -0.1) is 0 Å². The predicted octanol–water partition coefficient (Wildman–Crippen LogP) is 1.73. The molecule has 6 heteroatoms. The first-order valence-electron chi connectivity index (χ1n) is 5.49. The quantitative estimate of drug-likeness (QED) is 0.724. The molecule has 3 heterocycles. The van der Waals surface area contributed by atoms with E-state index in [0.29, 0.717) is 11.7 Å². The highest BCUT2D eigenvalue weighted by atomic mass is 32.2. The van der Waals surface area contributed by atoms with Crippen molar-refractivity contribution in [3.63, 3.8) is 0 Å². The highest BCUT2D eigenvalue weighted by Crippen LogP contribution is 2.27. The van der Waals surface area contributed by atoms with E-state index in [1.165, 1.54) is 11.8 Å². The summed E-state index contributed by atoms with van der Waals surface area (Å²) in [5.41, 5.74) is 7.66. The van der Waals surface area contributed by atoms with E-state index in [1.54, 1.807) is 18.5 Å². The van der Waals surface area contributed by atoms with Gasteiger partial charge in [-0.1, -0.05) is 6.07 Å². The maximum absolute atomic E-state index is 5.80. The molecule has 0 radical (unpaired) electrons. The van der Waals surface area contributed by atoms with Crippen molar-refractivity contribution in [2.45, 2.75) is 16.7 Å². The van der Waals surface area contributed by atoms with Crippen molar-refractivity contribution >= 4 is 17.4 Å². The largest absolute Gasteiger partial charge is 0.325 e. The minimum Gasteiger partial charge on any atom is -0.325 e. The van der Waals surface area contributed by atoms with Crippen LogP contribution in [0.4, 0.5) is 0 Å². The first-order chi connectivity index (χ1) is 8.88. The Morgan fingerprint density at radius 2 is 2.00 bits per heavy atom. The van der Waals surface area contributed by atoms with Gasteiger partial charge >= 0.3 is 0 Å². The van der Waals surface area contributed by atoms with Crippen molar-refractivity contribution < 1.29 is 0 Å². The summed E-state index contributed by atoms with van der Waals surface area (Å²) in [7, 11) is 0. The molecule has 0 bridgehead atoms. The lowest BCUT2D eigenvalue weighted by molar-refractivity contribution is 0.911. The first kappa shape index (κ1) is 11.2. The lowest BCUT2D eigenvalue weighted by Crippen LogP contribution is -2.02. The smallest absolute Gasteiger partial charge is 0.193 e. The van der Waals surface area contributed by atoms with Gasteiger partial charge in [0.15, 0.2) is 5.16 Å². The van der Waals surface area contributed by atoms with Crippen LogP contribution in [-0.4, -0.2) is 19.4 Å². The van der Waals surface area contributed by atoms with E-state index in [9.17, 15) is 0 Å². The van der Waals surface area contributed by atoms with E-state index in [-0.39, 0.29) is 0 Å². The topological polar surface area (TPSA) is 69.1 Å². The molecule has 3 aromatic rings. The van der Waals surface area contributed by atoms with Crippen LogP contribution in [0.3, 0.4) is 0 Å². The fourth-order valence-electron chi connectivity index (χ4n) is 1.72. The Kier molecular flexibility index (Phi) is 2.95. The van der Waals surface area contributed by atoms with E-state index in [2.05, 4.69) is 15.0 Å². The van der Waals surface area contributed by atoms with Gasteiger partial charge in [-0.05, 0) is 30.0 Å². The Hall–Kier alpha value is -1.92. The second-order valence-corrected chi connectivity index (χ2v) is 4.59. The van der Waals surface area contributed by atoms with Gasteiger partial charge in [0.05, 0.1) is 5.69 Å². The molecule has 0 atom stereocenters. The number of fused-ring (bicyclic) bond motifs is 1. The number of imidazole rings is 1. The highest BCUT2D eigenvalue weighted by Gasteiger charge is 2.12. The fourth-order valence-corrected chi connectivity index (χ4v) is 2.56. The molecule has 5 nitrogen and oxygen atoms in total. The summed E-state index contributed by atoms with van der Waals surface area (Å²) in [6, 6.07) is 7.66. The van der Waals surface area contributed by atoms with Crippen molar-refractivity contribution in [2.24, 2.45) is 5.73 Å². The van der Waals surface area contributed by atoms with Crippen LogP contribution in [0, 0.1) is 0 Å². The molecule has 0 aliphatic rings. The number of rotatable bonds is 3. The van der Waals surface area contributed by atoms with E-state index in [1.807, 2.05) is 28.8 Å². The fraction of sp³-hybridized carbons (Fsp3) is 0.0833. The van der Waals surface area contributed by atoms with Crippen LogP contribution in [0.5, 0.6) is 0 Å². The molecular formula is C12H11N5S. The molecule has 0 aliphatic heterocycles. The van der Waals surface area contributed by atoms with E-state index in [0.717, 1.165) is 16.4 Å². The second kappa shape index (κ2) is 4.75. The molecule has 0 fully saturated rings. The van der Waals surface area contributed by atoms with Crippen LogP contribution in [0.1, 0.15) is 5.69 Å². The number of hydrogen-bond acceptors (Lipinski definition) is 5. The standard InChI is InChI=1S/C12H11N5S/c13-8-9-11(18-12-14-5-3-6-15-12)16-10-4-1-2-7-17(9)10/h1-7H,8,13H2. The normalized spacial score (nSPS) is 10.9. The zero-order valence-electron chi connectivity index (χ0n) is 9.52. The zero-order chi connectivity index (χ0) is 12.4. The van der Waals surface area contributed by atoms with Crippen molar-refractivity contribution in [3.05, 3.63) is 48.5 Å². The van der Waals surface area contributed by atoms with E-state index >= 15 is 0 Å². The molecule has 0 aromatic carbocycles. The van der Waals surface area contributed by atoms with Gasteiger partial charge in [0.2, 0.25) is 0 Å². The highest BCUT2D eigenvalue weighted by molar-refractivity contribution is 7.99. The average molecular weight is 257 g/mol.